The van der Waals surface area contributed by atoms with Crippen molar-refractivity contribution in [3.8, 4) is 5.75 Å². The molecule has 140 valence electrons. The minimum absolute atomic E-state index is 0.0129. The number of rotatable bonds is 4. The molecule has 8 nitrogen and oxygen atoms in total. The van der Waals surface area contributed by atoms with Gasteiger partial charge in [0.05, 0.1) is 18.6 Å². The van der Waals surface area contributed by atoms with Crippen LogP contribution in [0.1, 0.15) is 24.8 Å². The zero-order valence-electron chi connectivity index (χ0n) is 14.7. The van der Waals surface area contributed by atoms with Gasteiger partial charge in [0, 0.05) is 26.1 Å². The summed E-state index contributed by atoms with van der Waals surface area (Å²) in [6, 6.07) is 7.25. The molecule has 1 aromatic carbocycles. The number of hydrogen-bond acceptors (Lipinski definition) is 4. The summed E-state index contributed by atoms with van der Waals surface area (Å²) >= 11 is 0. The molecule has 0 unspecified atom stereocenters. The molecule has 0 aliphatic carbocycles. The molecule has 2 aliphatic rings. The Bertz CT molecular complexity index is 695. The molecule has 0 radical (unpaired) electrons. The van der Waals surface area contributed by atoms with Crippen molar-refractivity contribution in [1.29, 1.82) is 0 Å². The van der Waals surface area contributed by atoms with Crippen LogP contribution in [0.4, 0.5) is 4.79 Å². The Morgan fingerprint density at radius 1 is 1.31 bits per heavy atom. The Hall–Kier alpha value is -2.77. The first-order valence-corrected chi connectivity index (χ1v) is 8.63. The van der Waals surface area contributed by atoms with Gasteiger partial charge in [-0.1, -0.05) is 12.1 Å². The average molecular weight is 361 g/mol. The second-order valence-electron chi connectivity index (χ2n) is 6.79. The highest BCUT2D eigenvalue weighted by Gasteiger charge is 2.51. The number of aliphatic carboxylic acids is 1. The molecule has 8 heteroatoms. The maximum Gasteiger partial charge on any atom is 0.317 e. The fraction of sp³-hybridized carbons (Fsp3) is 0.500. The molecule has 2 aliphatic heterocycles. The summed E-state index contributed by atoms with van der Waals surface area (Å²) in [7, 11) is 1.60. The van der Waals surface area contributed by atoms with Crippen LogP contribution in [0, 0.1) is 5.92 Å². The highest BCUT2D eigenvalue weighted by Crippen LogP contribution is 2.36. The maximum absolute atomic E-state index is 12.4. The summed E-state index contributed by atoms with van der Waals surface area (Å²) in [6.45, 7) is 1.23. The van der Waals surface area contributed by atoms with E-state index < -0.39 is 17.4 Å². The van der Waals surface area contributed by atoms with Crippen molar-refractivity contribution < 1.29 is 24.2 Å². The molecule has 3 rings (SSSR count). The van der Waals surface area contributed by atoms with Crippen molar-refractivity contribution >= 4 is 17.9 Å². The molecular formula is C18H23N3O5. The summed E-state index contributed by atoms with van der Waals surface area (Å²) in [5, 5.41) is 15.1. The molecule has 1 atom stereocenters. The van der Waals surface area contributed by atoms with Crippen LogP contribution < -0.4 is 15.4 Å². The average Bonchev–Trinajstić information content (AvgIpc) is 2.96. The summed E-state index contributed by atoms with van der Waals surface area (Å²) in [5.41, 5.74) is 0.233. The number of carbonyl (C=O) groups excluding carboxylic acids is 2. The van der Waals surface area contributed by atoms with Crippen LogP contribution in [0.25, 0.3) is 0 Å². The molecule has 0 aromatic heterocycles. The molecule has 26 heavy (non-hydrogen) atoms. The van der Waals surface area contributed by atoms with E-state index in [-0.39, 0.29) is 18.4 Å². The molecule has 2 saturated heterocycles. The lowest BCUT2D eigenvalue weighted by molar-refractivity contribution is -0.144. The van der Waals surface area contributed by atoms with Crippen LogP contribution in [-0.2, 0) is 16.1 Å². The molecule has 0 saturated carbocycles. The Morgan fingerprint density at radius 2 is 1.96 bits per heavy atom. The Kier molecular flexibility index (Phi) is 5.01. The van der Waals surface area contributed by atoms with Gasteiger partial charge in [0.25, 0.3) is 0 Å². The van der Waals surface area contributed by atoms with E-state index in [0.717, 1.165) is 11.3 Å². The van der Waals surface area contributed by atoms with E-state index in [0.29, 0.717) is 32.5 Å². The lowest BCUT2D eigenvalue weighted by Crippen LogP contribution is -2.57. The van der Waals surface area contributed by atoms with Crippen molar-refractivity contribution in [3.63, 3.8) is 0 Å². The van der Waals surface area contributed by atoms with E-state index in [1.54, 1.807) is 12.0 Å². The number of carboxylic acid groups (broad SMARTS) is 1. The Labute approximate surface area is 151 Å². The molecule has 3 N–H and O–H groups in total. The SMILES string of the molecule is COc1ccc(CNC(=O)N2CCC3(CC2)NC(=O)C[C@H]3C(=O)O)cc1. The Balaban J connectivity index is 1.53. The van der Waals surface area contributed by atoms with Crippen molar-refractivity contribution in [1.82, 2.24) is 15.5 Å². The van der Waals surface area contributed by atoms with Crippen LogP contribution in [0.3, 0.4) is 0 Å². The van der Waals surface area contributed by atoms with E-state index in [2.05, 4.69) is 10.6 Å². The number of carboxylic acids is 1. The summed E-state index contributed by atoms with van der Waals surface area (Å²) in [5.74, 6) is -1.15. The number of piperidine rings is 1. The van der Waals surface area contributed by atoms with Gasteiger partial charge in [0.15, 0.2) is 0 Å². The smallest absolute Gasteiger partial charge is 0.317 e. The molecule has 0 bridgehead atoms. The first-order valence-electron chi connectivity index (χ1n) is 8.63. The number of benzene rings is 1. The van der Waals surface area contributed by atoms with Crippen LogP contribution >= 0.6 is 0 Å². The summed E-state index contributed by atoms with van der Waals surface area (Å²) in [6.07, 6.45) is 0.913. The second-order valence-corrected chi connectivity index (χ2v) is 6.79. The highest BCUT2D eigenvalue weighted by atomic mass is 16.5. The van der Waals surface area contributed by atoms with Gasteiger partial charge in [0.2, 0.25) is 5.91 Å². The van der Waals surface area contributed by atoms with E-state index in [1.165, 1.54) is 0 Å². The number of ether oxygens (including phenoxy) is 1. The topological polar surface area (TPSA) is 108 Å². The molecule has 2 heterocycles. The number of urea groups is 1. The van der Waals surface area contributed by atoms with Gasteiger partial charge in [-0.2, -0.15) is 0 Å². The van der Waals surface area contributed by atoms with Crippen LogP contribution in [0.2, 0.25) is 0 Å². The lowest BCUT2D eigenvalue weighted by atomic mass is 9.78. The van der Waals surface area contributed by atoms with Crippen molar-refractivity contribution in [2.24, 2.45) is 5.92 Å². The van der Waals surface area contributed by atoms with E-state index in [9.17, 15) is 19.5 Å². The molecule has 2 fully saturated rings. The standard InChI is InChI=1S/C18H23N3O5/c1-26-13-4-2-12(3-5-13)11-19-17(25)21-8-6-18(7-9-21)14(16(23)24)10-15(22)20-18/h2-5,14H,6-11H2,1H3,(H,19,25)(H,20,22)(H,23,24)/t14-/m0/s1. The number of nitrogens with zero attached hydrogens (tertiary/aromatic N) is 1. The zero-order chi connectivity index (χ0) is 18.7. The predicted molar refractivity (Wildman–Crippen MR) is 92.7 cm³/mol. The van der Waals surface area contributed by atoms with Gasteiger partial charge < -0.3 is 25.4 Å². The molecular weight excluding hydrogens is 338 g/mol. The van der Waals surface area contributed by atoms with Gasteiger partial charge in [0.1, 0.15) is 5.75 Å². The maximum atomic E-state index is 12.4. The summed E-state index contributed by atoms with van der Waals surface area (Å²) < 4.78 is 5.10. The number of methoxy groups -OCH3 is 1. The number of likely N-dealkylation sites (tertiary alicyclic amines) is 1. The minimum Gasteiger partial charge on any atom is -0.497 e. The predicted octanol–water partition coefficient (Wildman–Crippen LogP) is 0.960. The number of carbonyl (C=O) groups is 3. The third kappa shape index (κ3) is 3.58. The molecule has 1 spiro atoms. The molecule has 3 amide bonds. The van der Waals surface area contributed by atoms with E-state index in [4.69, 9.17) is 4.74 Å². The van der Waals surface area contributed by atoms with Crippen molar-refractivity contribution in [3.05, 3.63) is 29.8 Å². The van der Waals surface area contributed by atoms with E-state index >= 15 is 0 Å². The third-order valence-corrected chi connectivity index (χ3v) is 5.29. The normalized spacial score (nSPS) is 21.3. The summed E-state index contributed by atoms with van der Waals surface area (Å²) in [4.78, 5) is 37.2. The first-order chi connectivity index (χ1) is 12.4. The Morgan fingerprint density at radius 3 is 2.54 bits per heavy atom. The van der Waals surface area contributed by atoms with Crippen molar-refractivity contribution in [2.45, 2.75) is 31.3 Å². The van der Waals surface area contributed by atoms with Gasteiger partial charge in [-0.05, 0) is 30.5 Å². The molecule has 1 aromatic rings. The third-order valence-electron chi connectivity index (χ3n) is 5.29. The van der Waals surface area contributed by atoms with Crippen molar-refractivity contribution in [2.75, 3.05) is 20.2 Å². The van der Waals surface area contributed by atoms with Gasteiger partial charge >= 0.3 is 12.0 Å². The van der Waals surface area contributed by atoms with Gasteiger partial charge in [-0.25, -0.2) is 4.79 Å². The van der Waals surface area contributed by atoms with E-state index in [1.807, 2.05) is 24.3 Å². The van der Waals surface area contributed by atoms with Gasteiger partial charge in [-0.3, -0.25) is 9.59 Å². The van der Waals surface area contributed by atoms with Crippen LogP contribution in [0.5, 0.6) is 5.75 Å². The monoisotopic (exact) mass is 361 g/mol. The second kappa shape index (κ2) is 7.23. The zero-order valence-corrected chi connectivity index (χ0v) is 14.7. The number of hydrogen-bond donors (Lipinski definition) is 3. The first kappa shape index (κ1) is 18.0. The lowest BCUT2D eigenvalue weighted by Gasteiger charge is -2.41. The van der Waals surface area contributed by atoms with Gasteiger partial charge in [-0.15, -0.1) is 0 Å². The fourth-order valence-corrected chi connectivity index (χ4v) is 3.74. The fourth-order valence-electron chi connectivity index (χ4n) is 3.74. The number of nitrogens with one attached hydrogen (secondary N) is 2. The van der Waals surface area contributed by atoms with Crippen LogP contribution in [-0.4, -0.2) is 53.7 Å². The highest BCUT2D eigenvalue weighted by molar-refractivity contribution is 5.88. The largest absolute Gasteiger partial charge is 0.497 e. The quantitative estimate of drug-likeness (QED) is 0.740. The minimum atomic E-state index is -0.958. The number of amides is 3. The van der Waals surface area contributed by atoms with Crippen LogP contribution in [0.15, 0.2) is 24.3 Å².